The third kappa shape index (κ3) is 3.29. The highest BCUT2D eigenvalue weighted by molar-refractivity contribution is 5.99. The summed E-state index contributed by atoms with van der Waals surface area (Å²) in [6.07, 6.45) is 5.94. The van der Waals surface area contributed by atoms with E-state index in [0.29, 0.717) is 17.9 Å². The molecule has 1 aliphatic heterocycles. The SMILES string of the molecule is CC(C)(O)c1ccc(Nc2nc(-c3ccc4c(c3)NC(=O)C4)cn3ccnc23)cc1. The zero-order valence-corrected chi connectivity index (χ0v) is 16.7. The number of aliphatic hydroxyl groups is 1. The quantitative estimate of drug-likeness (QED) is 0.485. The van der Waals surface area contributed by atoms with Crippen LogP contribution >= 0.6 is 0 Å². The van der Waals surface area contributed by atoms with Crippen LogP contribution in [0.2, 0.25) is 0 Å². The Morgan fingerprint density at radius 3 is 2.73 bits per heavy atom. The first-order chi connectivity index (χ1) is 14.4. The Kier molecular flexibility index (Phi) is 4.08. The normalized spacial score (nSPS) is 13.4. The van der Waals surface area contributed by atoms with E-state index in [2.05, 4.69) is 15.6 Å². The first-order valence-corrected chi connectivity index (χ1v) is 9.74. The molecule has 3 N–H and O–H groups in total. The van der Waals surface area contributed by atoms with Gasteiger partial charge in [0, 0.05) is 35.5 Å². The minimum absolute atomic E-state index is 0.0111. The van der Waals surface area contributed by atoms with E-state index in [4.69, 9.17) is 4.98 Å². The fourth-order valence-electron chi connectivity index (χ4n) is 3.63. The molecule has 2 aromatic heterocycles. The van der Waals surface area contributed by atoms with Crippen LogP contribution in [0.3, 0.4) is 0 Å². The molecule has 2 aromatic carbocycles. The zero-order valence-electron chi connectivity index (χ0n) is 16.7. The van der Waals surface area contributed by atoms with E-state index in [9.17, 15) is 9.90 Å². The van der Waals surface area contributed by atoms with Gasteiger partial charge in [-0.2, -0.15) is 0 Å². The lowest BCUT2D eigenvalue weighted by molar-refractivity contribution is -0.115. The minimum Gasteiger partial charge on any atom is -0.386 e. The summed E-state index contributed by atoms with van der Waals surface area (Å²) in [6, 6.07) is 13.5. The first kappa shape index (κ1) is 18.3. The Balaban J connectivity index is 1.53. The first-order valence-electron chi connectivity index (χ1n) is 9.74. The maximum atomic E-state index is 11.7. The van der Waals surface area contributed by atoms with Gasteiger partial charge in [-0.05, 0) is 43.2 Å². The molecule has 0 aliphatic carbocycles. The van der Waals surface area contributed by atoms with Gasteiger partial charge in [0.05, 0.1) is 17.7 Å². The van der Waals surface area contributed by atoms with E-state index in [1.54, 1.807) is 20.0 Å². The standard InChI is InChI=1S/C23H21N5O2/c1-23(2,30)16-5-7-17(8-6-16)25-21-22-24-9-10-28(22)13-19(27-21)14-3-4-15-12-20(29)26-18(15)11-14/h3-11,13,30H,12H2,1-2H3,(H,25,27)(H,26,29). The molecule has 0 radical (unpaired) electrons. The average Bonchev–Trinajstić information content (AvgIpc) is 3.32. The van der Waals surface area contributed by atoms with Crippen LogP contribution in [0.4, 0.5) is 17.2 Å². The third-order valence-electron chi connectivity index (χ3n) is 5.26. The summed E-state index contributed by atoms with van der Waals surface area (Å²) in [5.41, 5.74) is 5.00. The monoisotopic (exact) mass is 399 g/mol. The van der Waals surface area contributed by atoms with Gasteiger partial charge in [-0.3, -0.25) is 4.79 Å². The Labute approximate surface area is 173 Å². The van der Waals surface area contributed by atoms with Crippen molar-refractivity contribution in [2.75, 3.05) is 10.6 Å². The number of aromatic nitrogens is 3. The number of nitrogens with zero attached hydrogens (tertiary/aromatic N) is 3. The van der Waals surface area contributed by atoms with Gasteiger partial charge in [-0.25, -0.2) is 9.97 Å². The van der Waals surface area contributed by atoms with Crippen LogP contribution in [0.15, 0.2) is 61.1 Å². The van der Waals surface area contributed by atoms with Crippen molar-refractivity contribution in [1.82, 2.24) is 14.4 Å². The summed E-state index contributed by atoms with van der Waals surface area (Å²) in [5, 5.41) is 16.4. The van der Waals surface area contributed by atoms with Crippen molar-refractivity contribution in [3.63, 3.8) is 0 Å². The van der Waals surface area contributed by atoms with Gasteiger partial charge in [0.1, 0.15) is 0 Å². The maximum absolute atomic E-state index is 11.7. The molecule has 5 rings (SSSR count). The Hall–Kier alpha value is -3.71. The summed E-state index contributed by atoms with van der Waals surface area (Å²) in [7, 11) is 0. The molecule has 0 unspecified atom stereocenters. The molecule has 4 aromatic rings. The van der Waals surface area contributed by atoms with Crippen LogP contribution in [-0.2, 0) is 16.8 Å². The van der Waals surface area contributed by atoms with Crippen molar-refractivity contribution in [2.45, 2.75) is 25.9 Å². The van der Waals surface area contributed by atoms with Crippen LogP contribution in [0.1, 0.15) is 25.0 Å². The molecule has 3 heterocycles. The molecule has 7 heteroatoms. The fraction of sp³-hybridized carbons (Fsp3) is 0.174. The minimum atomic E-state index is -0.893. The Morgan fingerprint density at radius 2 is 1.97 bits per heavy atom. The second kappa shape index (κ2) is 6.67. The molecule has 7 nitrogen and oxygen atoms in total. The summed E-state index contributed by atoms with van der Waals surface area (Å²) in [5.74, 6) is 0.634. The molecular weight excluding hydrogens is 378 g/mol. The molecule has 0 spiro atoms. The molecule has 30 heavy (non-hydrogen) atoms. The maximum Gasteiger partial charge on any atom is 0.228 e. The summed E-state index contributed by atoms with van der Waals surface area (Å²) >= 11 is 0. The van der Waals surface area contributed by atoms with Crippen molar-refractivity contribution in [1.29, 1.82) is 0 Å². The molecule has 0 saturated heterocycles. The third-order valence-corrected chi connectivity index (χ3v) is 5.26. The number of imidazole rings is 1. The predicted molar refractivity (Wildman–Crippen MR) is 116 cm³/mol. The Bertz CT molecular complexity index is 1270. The number of hydrogen-bond donors (Lipinski definition) is 3. The van der Waals surface area contributed by atoms with E-state index >= 15 is 0 Å². The molecule has 150 valence electrons. The van der Waals surface area contributed by atoms with Crippen molar-refractivity contribution in [3.05, 3.63) is 72.2 Å². The number of nitrogens with one attached hydrogen (secondary N) is 2. The van der Waals surface area contributed by atoms with E-state index in [1.807, 2.05) is 59.3 Å². The van der Waals surface area contributed by atoms with E-state index in [-0.39, 0.29) is 5.91 Å². The smallest absolute Gasteiger partial charge is 0.228 e. The van der Waals surface area contributed by atoms with E-state index < -0.39 is 5.60 Å². The topological polar surface area (TPSA) is 91.5 Å². The van der Waals surface area contributed by atoms with Gasteiger partial charge in [0.15, 0.2) is 11.5 Å². The number of rotatable bonds is 4. The van der Waals surface area contributed by atoms with Gasteiger partial charge in [0.25, 0.3) is 0 Å². The van der Waals surface area contributed by atoms with Crippen LogP contribution in [0, 0.1) is 0 Å². The van der Waals surface area contributed by atoms with Crippen LogP contribution in [0.25, 0.3) is 16.9 Å². The molecule has 0 bridgehead atoms. The van der Waals surface area contributed by atoms with Gasteiger partial charge < -0.3 is 20.1 Å². The predicted octanol–water partition coefficient (Wildman–Crippen LogP) is 3.86. The number of fused-ring (bicyclic) bond motifs is 2. The lowest BCUT2D eigenvalue weighted by atomic mass is 9.98. The average molecular weight is 399 g/mol. The lowest BCUT2D eigenvalue weighted by Crippen LogP contribution is -2.15. The van der Waals surface area contributed by atoms with Crippen LogP contribution in [-0.4, -0.2) is 25.4 Å². The number of hydrogen-bond acceptors (Lipinski definition) is 5. The lowest BCUT2D eigenvalue weighted by Gasteiger charge is -2.18. The van der Waals surface area contributed by atoms with Crippen molar-refractivity contribution < 1.29 is 9.90 Å². The van der Waals surface area contributed by atoms with Crippen LogP contribution < -0.4 is 10.6 Å². The Morgan fingerprint density at radius 1 is 1.17 bits per heavy atom. The van der Waals surface area contributed by atoms with Crippen LogP contribution in [0.5, 0.6) is 0 Å². The molecule has 1 aliphatic rings. The summed E-state index contributed by atoms with van der Waals surface area (Å²) in [4.78, 5) is 20.9. The van der Waals surface area contributed by atoms with E-state index in [1.165, 1.54) is 0 Å². The number of carbonyl (C=O) groups is 1. The fourth-order valence-corrected chi connectivity index (χ4v) is 3.63. The van der Waals surface area contributed by atoms with Crippen molar-refractivity contribution >= 4 is 28.7 Å². The second-order valence-corrected chi connectivity index (χ2v) is 7.99. The highest BCUT2D eigenvalue weighted by Gasteiger charge is 2.19. The van der Waals surface area contributed by atoms with Crippen molar-refractivity contribution in [2.24, 2.45) is 0 Å². The zero-order chi connectivity index (χ0) is 20.9. The van der Waals surface area contributed by atoms with Gasteiger partial charge in [-0.1, -0.05) is 24.3 Å². The number of carbonyl (C=O) groups excluding carboxylic acids is 1. The molecule has 0 atom stereocenters. The second-order valence-electron chi connectivity index (χ2n) is 7.99. The molecule has 0 fully saturated rings. The van der Waals surface area contributed by atoms with Gasteiger partial charge in [-0.15, -0.1) is 0 Å². The van der Waals surface area contributed by atoms with Crippen molar-refractivity contribution in [3.8, 4) is 11.3 Å². The molecular formula is C23H21N5O2. The highest BCUT2D eigenvalue weighted by Crippen LogP contribution is 2.31. The molecule has 0 saturated carbocycles. The number of benzene rings is 2. The highest BCUT2D eigenvalue weighted by atomic mass is 16.3. The largest absolute Gasteiger partial charge is 0.386 e. The number of amides is 1. The molecule has 1 amide bonds. The van der Waals surface area contributed by atoms with Gasteiger partial charge >= 0.3 is 0 Å². The van der Waals surface area contributed by atoms with E-state index in [0.717, 1.165) is 33.8 Å². The summed E-state index contributed by atoms with van der Waals surface area (Å²) in [6.45, 7) is 3.52. The number of anilines is 3. The van der Waals surface area contributed by atoms with Gasteiger partial charge in [0.2, 0.25) is 5.91 Å². The summed E-state index contributed by atoms with van der Waals surface area (Å²) < 4.78 is 1.92.